The first-order chi connectivity index (χ1) is 8.70. The van der Waals surface area contributed by atoms with E-state index in [-0.39, 0.29) is 18.0 Å². The average Bonchev–Trinajstić information content (AvgIpc) is 2.78. The predicted molar refractivity (Wildman–Crippen MR) is 66.1 cm³/mol. The first kappa shape index (κ1) is 12.3. The Morgan fingerprint density at radius 1 is 1.39 bits per heavy atom. The Kier molecular flexibility index (Phi) is 3.69. The van der Waals surface area contributed by atoms with Crippen LogP contribution in [0.25, 0.3) is 0 Å². The van der Waals surface area contributed by atoms with Crippen molar-refractivity contribution in [1.82, 2.24) is 14.8 Å². The van der Waals surface area contributed by atoms with Gasteiger partial charge in [-0.2, -0.15) is 0 Å². The Morgan fingerprint density at radius 2 is 2.11 bits per heavy atom. The van der Waals surface area contributed by atoms with Gasteiger partial charge in [0.25, 0.3) is 5.56 Å². The minimum absolute atomic E-state index is 0.153. The Labute approximate surface area is 103 Å². The molecule has 0 aliphatic carbocycles. The van der Waals surface area contributed by atoms with E-state index in [1.807, 2.05) is 12.1 Å². The summed E-state index contributed by atoms with van der Waals surface area (Å²) in [5.74, 6) is -0.172. The molecule has 3 N–H and O–H groups in total. The molecule has 0 aliphatic rings. The highest BCUT2D eigenvalue weighted by Gasteiger charge is 2.10. The van der Waals surface area contributed by atoms with Gasteiger partial charge in [0.05, 0.1) is 5.69 Å². The van der Waals surface area contributed by atoms with Crippen LogP contribution in [0.3, 0.4) is 0 Å². The van der Waals surface area contributed by atoms with E-state index < -0.39 is 0 Å². The molecule has 0 aromatic carbocycles. The van der Waals surface area contributed by atoms with Crippen LogP contribution in [0, 0.1) is 0 Å². The molecule has 0 saturated carbocycles. The molecule has 6 heteroatoms. The Balaban J connectivity index is 2.06. The molecule has 2 aromatic rings. The van der Waals surface area contributed by atoms with Crippen LogP contribution in [0.5, 0.6) is 0 Å². The number of carbonyl (C=O) groups excluding carboxylic acids is 1. The molecular formula is C12H14N4O2. The predicted octanol–water partition coefficient (Wildman–Crippen LogP) is 0.303. The third-order valence-corrected chi connectivity index (χ3v) is 2.64. The summed E-state index contributed by atoms with van der Waals surface area (Å²) in [5.41, 5.74) is 6.69. The van der Waals surface area contributed by atoms with Gasteiger partial charge < -0.3 is 5.73 Å². The zero-order valence-corrected chi connectivity index (χ0v) is 9.80. The van der Waals surface area contributed by atoms with Crippen LogP contribution >= 0.6 is 0 Å². The van der Waals surface area contributed by atoms with Gasteiger partial charge >= 0.3 is 0 Å². The van der Waals surface area contributed by atoms with Gasteiger partial charge in [0.1, 0.15) is 0 Å². The summed E-state index contributed by atoms with van der Waals surface area (Å²) in [4.78, 5) is 27.0. The fourth-order valence-corrected chi connectivity index (χ4v) is 1.72. The zero-order chi connectivity index (χ0) is 13.0. The lowest BCUT2D eigenvalue weighted by Crippen LogP contribution is -2.19. The van der Waals surface area contributed by atoms with Crippen molar-refractivity contribution < 1.29 is 4.79 Å². The van der Waals surface area contributed by atoms with Gasteiger partial charge in [-0.1, -0.05) is 0 Å². The summed E-state index contributed by atoms with van der Waals surface area (Å²) in [7, 11) is 0. The summed E-state index contributed by atoms with van der Waals surface area (Å²) >= 11 is 0. The van der Waals surface area contributed by atoms with E-state index in [4.69, 9.17) is 5.73 Å². The number of nitrogens with two attached hydrogens (primary N) is 1. The molecule has 0 atom stereocenters. The summed E-state index contributed by atoms with van der Waals surface area (Å²) in [6.45, 7) is 0.153. The molecular weight excluding hydrogens is 232 g/mol. The van der Waals surface area contributed by atoms with E-state index in [0.717, 1.165) is 5.56 Å². The molecule has 2 rings (SSSR count). The molecule has 0 unspecified atom stereocenters. The van der Waals surface area contributed by atoms with Gasteiger partial charge in [-0.25, -0.2) is 4.68 Å². The van der Waals surface area contributed by atoms with Gasteiger partial charge in [-0.3, -0.25) is 19.7 Å². The highest BCUT2D eigenvalue weighted by Crippen LogP contribution is 2.03. The maximum Gasteiger partial charge on any atom is 0.264 e. The number of H-pyrrole nitrogens is 1. The van der Waals surface area contributed by atoms with Gasteiger partial charge in [0.2, 0.25) is 5.91 Å². The second-order valence-electron chi connectivity index (χ2n) is 3.90. The number of pyridine rings is 1. The minimum atomic E-state index is -0.312. The third kappa shape index (κ3) is 2.72. The summed E-state index contributed by atoms with van der Waals surface area (Å²) in [6.07, 6.45) is 4.28. The Morgan fingerprint density at radius 3 is 2.78 bits per heavy atom. The number of hydrogen-bond donors (Lipinski definition) is 2. The number of aromatic nitrogens is 3. The molecule has 0 spiro atoms. The van der Waals surface area contributed by atoms with E-state index in [1.54, 1.807) is 12.4 Å². The Hall–Kier alpha value is -2.21. The molecule has 2 aromatic heterocycles. The minimum Gasteiger partial charge on any atom is -0.325 e. The van der Waals surface area contributed by atoms with Crippen molar-refractivity contribution >= 4 is 5.91 Å². The normalized spacial score (nSPS) is 10.5. The largest absolute Gasteiger partial charge is 0.325 e. The van der Waals surface area contributed by atoms with E-state index in [2.05, 4.69) is 10.1 Å². The number of nitrogens with one attached hydrogen (secondary N) is 1. The molecule has 0 radical (unpaired) electrons. The number of rotatable bonds is 4. The fourth-order valence-electron chi connectivity index (χ4n) is 1.72. The molecule has 94 valence electrons. The summed E-state index contributed by atoms with van der Waals surface area (Å²) in [6, 6.07) is 5.05. The maximum absolute atomic E-state index is 11.9. The quantitative estimate of drug-likeness (QED) is 0.811. The van der Waals surface area contributed by atoms with Crippen LogP contribution in [0.4, 0.5) is 0 Å². The second kappa shape index (κ2) is 5.42. The van der Waals surface area contributed by atoms with E-state index in [9.17, 15) is 9.59 Å². The van der Waals surface area contributed by atoms with Crippen molar-refractivity contribution in [1.29, 1.82) is 0 Å². The van der Waals surface area contributed by atoms with Gasteiger partial charge in [-0.05, 0) is 24.1 Å². The molecule has 0 fully saturated rings. The smallest absolute Gasteiger partial charge is 0.264 e. The van der Waals surface area contributed by atoms with Crippen LogP contribution in [-0.2, 0) is 13.0 Å². The van der Waals surface area contributed by atoms with Crippen LogP contribution in [0.1, 0.15) is 22.5 Å². The zero-order valence-electron chi connectivity index (χ0n) is 9.80. The van der Waals surface area contributed by atoms with Gasteiger partial charge in [-0.15, -0.1) is 0 Å². The number of carbonyl (C=O) groups is 1. The lowest BCUT2D eigenvalue weighted by atomic mass is 10.1. The molecule has 18 heavy (non-hydrogen) atoms. The molecule has 0 saturated heterocycles. The van der Waals surface area contributed by atoms with E-state index in [1.165, 1.54) is 10.7 Å². The summed E-state index contributed by atoms with van der Waals surface area (Å²) < 4.78 is 1.23. The molecule has 0 bridgehead atoms. The van der Waals surface area contributed by atoms with E-state index in [0.29, 0.717) is 18.5 Å². The molecule has 0 amide bonds. The van der Waals surface area contributed by atoms with Crippen molar-refractivity contribution in [3.05, 3.63) is 52.2 Å². The molecule has 2 heterocycles. The molecule has 6 nitrogen and oxygen atoms in total. The van der Waals surface area contributed by atoms with E-state index >= 15 is 0 Å². The maximum atomic E-state index is 11.9. The van der Waals surface area contributed by atoms with Crippen molar-refractivity contribution in [2.75, 3.05) is 0 Å². The van der Waals surface area contributed by atoms with Crippen molar-refractivity contribution in [3.8, 4) is 0 Å². The topological polar surface area (TPSA) is 93.8 Å². The standard InChI is InChI=1S/C12H14N4O2/c13-8-10-7-11(17)15-16(10)12(18)2-1-9-3-5-14-6-4-9/h3-7H,1-2,8,13H2,(H,15,17). The number of aromatic amines is 1. The first-order valence-corrected chi connectivity index (χ1v) is 5.64. The van der Waals surface area contributed by atoms with Gasteiger partial charge in [0.15, 0.2) is 0 Å². The Bertz CT molecular complexity index is 586. The third-order valence-electron chi connectivity index (χ3n) is 2.64. The highest BCUT2D eigenvalue weighted by atomic mass is 16.2. The highest BCUT2D eigenvalue weighted by molar-refractivity contribution is 5.78. The van der Waals surface area contributed by atoms with Crippen molar-refractivity contribution in [2.45, 2.75) is 19.4 Å². The van der Waals surface area contributed by atoms with Crippen LogP contribution < -0.4 is 11.3 Å². The van der Waals surface area contributed by atoms with Crippen LogP contribution in [0.2, 0.25) is 0 Å². The van der Waals surface area contributed by atoms with Crippen LogP contribution in [-0.4, -0.2) is 20.7 Å². The average molecular weight is 246 g/mol. The van der Waals surface area contributed by atoms with Crippen LogP contribution in [0.15, 0.2) is 35.4 Å². The number of hydrogen-bond acceptors (Lipinski definition) is 4. The lowest BCUT2D eigenvalue weighted by molar-refractivity contribution is 0.0883. The lowest BCUT2D eigenvalue weighted by Gasteiger charge is -2.05. The SMILES string of the molecule is NCc1cc(=O)[nH]n1C(=O)CCc1ccncc1. The van der Waals surface area contributed by atoms with Crippen molar-refractivity contribution in [3.63, 3.8) is 0 Å². The molecule has 0 aliphatic heterocycles. The summed E-state index contributed by atoms with van der Waals surface area (Å²) in [5, 5.41) is 2.45. The van der Waals surface area contributed by atoms with Crippen molar-refractivity contribution in [2.24, 2.45) is 5.73 Å². The monoisotopic (exact) mass is 246 g/mol. The fraction of sp³-hybridized carbons (Fsp3) is 0.250. The first-order valence-electron chi connectivity index (χ1n) is 5.64. The van der Waals surface area contributed by atoms with Gasteiger partial charge in [0, 0.05) is 31.4 Å². The number of nitrogens with zero attached hydrogens (tertiary/aromatic N) is 2. The second-order valence-corrected chi connectivity index (χ2v) is 3.90. The number of aryl methyl sites for hydroxylation is 1.